The highest BCUT2D eigenvalue weighted by Gasteiger charge is 2.09. The lowest BCUT2D eigenvalue weighted by Crippen LogP contribution is -2.16. The monoisotopic (exact) mass is 270 g/mol. The maximum atomic E-state index is 12.1. The molecular weight excluding hydrogens is 252 g/mol. The van der Waals surface area contributed by atoms with Gasteiger partial charge in [0, 0.05) is 6.54 Å². The number of rotatable bonds is 5. The van der Waals surface area contributed by atoms with E-state index in [4.69, 9.17) is 10.5 Å². The van der Waals surface area contributed by atoms with Crippen LogP contribution in [0.1, 0.15) is 11.1 Å². The Hall–Kier alpha value is -2.33. The van der Waals surface area contributed by atoms with E-state index < -0.39 is 0 Å². The van der Waals surface area contributed by atoms with Gasteiger partial charge in [-0.25, -0.2) is 0 Å². The Bertz CT molecular complexity index is 545. The zero-order valence-electron chi connectivity index (χ0n) is 11.4. The number of para-hydroxylation sites is 2. The van der Waals surface area contributed by atoms with E-state index in [0.29, 0.717) is 24.4 Å². The van der Waals surface area contributed by atoms with E-state index >= 15 is 0 Å². The van der Waals surface area contributed by atoms with Gasteiger partial charge in [-0.3, -0.25) is 4.79 Å². The molecule has 0 fully saturated rings. The van der Waals surface area contributed by atoms with E-state index in [1.807, 2.05) is 48.5 Å². The number of benzene rings is 2. The zero-order chi connectivity index (χ0) is 14.4. The number of hydrogen-bond acceptors (Lipinski definition) is 3. The summed E-state index contributed by atoms with van der Waals surface area (Å²) in [4.78, 5) is 12.1. The van der Waals surface area contributed by atoms with Crippen molar-refractivity contribution in [2.45, 2.75) is 13.0 Å². The Morgan fingerprint density at radius 2 is 1.75 bits per heavy atom. The van der Waals surface area contributed by atoms with Crippen LogP contribution in [-0.4, -0.2) is 13.0 Å². The van der Waals surface area contributed by atoms with Crippen molar-refractivity contribution in [3.8, 4) is 5.75 Å². The Labute approximate surface area is 118 Å². The van der Waals surface area contributed by atoms with Gasteiger partial charge in [-0.05, 0) is 23.3 Å². The lowest BCUT2D eigenvalue weighted by molar-refractivity contribution is -0.115. The summed E-state index contributed by atoms with van der Waals surface area (Å²) < 4.78 is 5.21. The number of nitrogens with one attached hydrogen (secondary N) is 1. The average Bonchev–Trinajstić information content (AvgIpc) is 2.48. The van der Waals surface area contributed by atoms with Crippen molar-refractivity contribution in [2.24, 2.45) is 5.73 Å². The van der Waals surface area contributed by atoms with Gasteiger partial charge < -0.3 is 15.8 Å². The predicted octanol–water partition coefficient (Wildman–Crippen LogP) is 2.34. The largest absolute Gasteiger partial charge is 0.495 e. The molecule has 4 heteroatoms. The molecule has 2 rings (SSSR count). The van der Waals surface area contributed by atoms with Crippen molar-refractivity contribution in [1.82, 2.24) is 0 Å². The van der Waals surface area contributed by atoms with E-state index in [2.05, 4.69) is 5.32 Å². The van der Waals surface area contributed by atoms with Crippen LogP contribution < -0.4 is 15.8 Å². The van der Waals surface area contributed by atoms with Crippen LogP contribution >= 0.6 is 0 Å². The van der Waals surface area contributed by atoms with Crippen molar-refractivity contribution in [3.63, 3.8) is 0 Å². The lowest BCUT2D eigenvalue weighted by Gasteiger charge is -2.11. The fourth-order valence-electron chi connectivity index (χ4n) is 2.04. The molecule has 0 atom stereocenters. The molecule has 0 spiro atoms. The maximum Gasteiger partial charge on any atom is 0.228 e. The summed E-state index contributed by atoms with van der Waals surface area (Å²) in [5.74, 6) is 0.559. The molecule has 2 aromatic rings. The van der Waals surface area contributed by atoms with Crippen LogP contribution in [0.4, 0.5) is 5.69 Å². The number of hydrogen-bond donors (Lipinski definition) is 2. The molecule has 0 unspecified atom stereocenters. The number of carbonyl (C=O) groups excluding carboxylic acids is 1. The van der Waals surface area contributed by atoms with Crippen LogP contribution in [0.5, 0.6) is 5.75 Å². The minimum absolute atomic E-state index is 0.0876. The van der Waals surface area contributed by atoms with Gasteiger partial charge >= 0.3 is 0 Å². The third-order valence-corrected chi connectivity index (χ3v) is 3.07. The van der Waals surface area contributed by atoms with Gasteiger partial charge in [0.1, 0.15) is 5.75 Å². The first-order chi connectivity index (χ1) is 9.74. The van der Waals surface area contributed by atoms with E-state index in [0.717, 1.165) is 11.1 Å². The molecule has 0 radical (unpaired) electrons. The fraction of sp³-hybridized carbons (Fsp3) is 0.188. The highest BCUT2D eigenvalue weighted by atomic mass is 16.5. The molecule has 3 N–H and O–H groups in total. The van der Waals surface area contributed by atoms with Crippen molar-refractivity contribution >= 4 is 11.6 Å². The van der Waals surface area contributed by atoms with Crippen molar-refractivity contribution in [2.75, 3.05) is 12.4 Å². The van der Waals surface area contributed by atoms with Crippen LogP contribution in [0.2, 0.25) is 0 Å². The third-order valence-electron chi connectivity index (χ3n) is 3.07. The molecule has 0 heterocycles. The van der Waals surface area contributed by atoms with Gasteiger partial charge in [-0.15, -0.1) is 0 Å². The first-order valence-corrected chi connectivity index (χ1v) is 6.44. The summed E-state index contributed by atoms with van der Waals surface area (Å²) >= 11 is 0. The zero-order valence-corrected chi connectivity index (χ0v) is 11.4. The smallest absolute Gasteiger partial charge is 0.228 e. The maximum absolute atomic E-state index is 12.1. The Balaban J connectivity index is 2.09. The quantitative estimate of drug-likeness (QED) is 0.876. The molecule has 0 saturated heterocycles. The first kappa shape index (κ1) is 14.1. The summed E-state index contributed by atoms with van der Waals surface area (Å²) in [6.07, 6.45) is 0.297. The summed E-state index contributed by atoms with van der Waals surface area (Å²) in [5.41, 5.74) is 8.28. The number of methoxy groups -OCH3 is 1. The molecule has 0 saturated carbocycles. The van der Waals surface area contributed by atoms with Crippen LogP contribution in [0.25, 0.3) is 0 Å². The third kappa shape index (κ3) is 3.36. The standard InChI is InChI=1S/C16H18N2O2/c1-20-15-9-5-4-8-14(15)18-16(19)10-12-6-2-3-7-13(12)11-17/h2-9H,10-11,17H2,1H3,(H,18,19). The minimum Gasteiger partial charge on any atom is -0.495 e. The molecule has 1 amide bonds. The Morgan fingerprint density at radius 1 is 1.10 bits per heavy atom. The number of ether oxygens (including phenoxy) is 1. The molecule has 0 aliphatic heterocycles. The molecule has 104 valence electrons. The van der Waals surface area contributed by atoms with E-state index in [9.17, 15) is 4.79 Å². The lowest BCUT2D eigenvalue weighted by atomic mass is 10.0. The fourth-order valence-corrected chi connectivity index (χ4v) is 2.04. The second kappa shape index (κ2) is 6.73. The highest BCUT2D eigenvalue weighted by Crippen LogP contribution is 2.23. The highest BCUT2D eigenvalue weighted by molar-refractivity contribution is 5.93. The molecule has 0 aliphatic carbocycles. The van der Waals surface area contributed by atoms with Crippen molar-refractivity contribution in [1.29, 1.82) is 0 Å². The van der Waals surface area contributed by atoms with Crippen molar-refractivity contribution in [3.05, 3.63) is 59.7 Å². The second-order valence-corrected chi connectivity index (χ2v) is 4.40. The molecular formula is C16H18N2O2. The van der Waals surface area contributed by atoms with Crippen LogP contribution in [-0.2, 0) is 17.8 Å². The number of anilines is 1. The van der Waals surface area contributed by atoms with Crippen LogP contribution in [0, 0.1) is 0 Å². The normalized spacial score (nSPS) is 10.1. The predicted molar refractivity (Wildman–Crippen MR) is 79.7 cm³/mol. The molecule has 0 aliphatic rings. The van der Waals surface area contributed by atoms with Crippen LogP contribution in [0.15, 0.2) is 48.5 Å². The Kier molecular flexibility index (Phi) is 4.74. The van der Waals surface area contributed by atoms with E-state index in [1.54, 1.807) is 7.11 Å². The molecule has 4 nitrogen and oxygen atoms in total. The van der Waals surface area contributed by atoms with Gasteiger partial charge in [0.05, 0.1) is 19.2 Å². The summed E-state index contributed by atoms with van der Waals surface area (Å²) in [7, 11) is 1.58. The van der Waals surface area contributed by atoms with Crippen molar-refractivity contribution < 1.29 is 9.53 Å². The SMILES string of the molecule is COc1ccccc1NC(=O)Cc1ccccc1CN. The average molecular weight is 270 g/mol. The summed E-state index contributed by atoms with van der Waals surface area (Å²) in [6, 6.07) is 15.0. The first-order valence-electron chi connectivity index (χ1n) is 6.44. The molecule has 20 heavy (non-hydrogen) atoms. The summed E-state index contributed by atoms with van der Waals surface area (Å²) in [6.45, 7) is 0.429. The van der Waals surface area contributed by atoms with Gasteiger partial charge in [0.15, 0.2) is 0 Å². The van der Waals surface area contributed by atoms with Crippen LogP contribution in [0.3, 0.4) is 0 Å². The Morgan fingerprint density at radius 3 is 2.45 bits per heavy atom. The van der Waals surface area contributed by atoms with E-state index in [1.165, 1.54) is 0 Å². The molecule has 2 aromatic carbocycles. The molecule has 0 aromatic heterocycles. The number of amides is 1. The number of nitrogens with two attached hydrogens (primary N) is 1. The molecule has 0 bridgehead atoms. The van der Waals surface area contributed by atoms with E-state index in [-0.39, 0.29) is 5.91 Å². The van der Waals surface area contributed by atoms with Gasteiger partial charge in [0.25, 0.3) is 0 Å². The second-order valence-electron chi connectivity index (χ2n) is 4.40. The van der Waals surface area contributed by atoms with Gasteiger partial charge in [0.2, 0.25) is 5.91 Å². The van der Waals surface area contributed by atoms with Gasteiger partial charge in [-0.1, -0.05) is 36.4 Å². The summed E-state index contributed by atoms with van der Waals surface area (Å²) in [5, 5.41) is 2.86. The topological polar surface area (TPSA) is 64.3 Å². The van der Waals surface area contributed by atoms with Gasteiger partial charge in [-0.2, -0.15) is 0 Å². The number of carbonyl (C=O) groups is 1. The minimum atomic E-state index is -0.0876.